The lowest BCUT2D eigenvalue weighted by molar-refractivity contribution is 0.624. The van der Waals surface area contributed by atoms with E-state index in [1.54, 1.807) is 12.1 Å². The molecule has 0 aliphatic carbocycles. The van der Waals surface area contributed by atoms with E-state index in [1.807, 2.05) is 0 Å². The summed E-state index contributed by atoms with van der Waals surface area (Å²) in [7, 11) is -3.77. The molecule has 0 radical (unpaired) electrons. The fourth-order valence-corrected chi connectivity index (χ4v) is 3.50. The summed E-state index contributed by atoms with van der Waals surface area (Å²) in [6.45, 7) is 0. The zero-order chi connectivity index (χ0) is 19.8. The molecular weight excluding hydrogens is 392 g/mol. The van der Waals surface area contributed by atoms with Crippen LogP contribution in [-0.2, 0) is 22.0 Å². The van der Waals surface area contributed by atoms with Gasteiger partial charge in [0.2, 0.25) is 0 Å². The molecule has 27 heavy (non-hydrogen) atoms. The van der Waals surface area contributed by atoms with E-state index < -0.39 is 33.6 Å². The first-order chi connectivity index (χ1) is 12.9. The molecule has 0 aromatic heterocycles. The fraction of sp³-hybridized carbons (Fsp3) is 0. The van der Waals surface area contributed by atoms with Crippen molar-refractivity contribution in [3.8, 4) is 12.1 Å². The van der Waals surface area contributed by atoms with Crippen LogP contribution in [0, 0.1) is 34.3 Å². The molecule has 2 aromatic rings. The molecule has 9 heteroatoms. The summed E-state index contributed by atoms with van der Waals surface area (Å²) in [4.78, 5) is 0. The molecule has 0 amide bonds. The lowest BCUT2D eigenvalue weighted by Gasteiger charge is -1.99. The molecule has 2 unspecified atom stereocenters. The molecule has 2 aromatic carbocycles. The highest BCUT2D eigenvalue weighted by Gasteiger charge is 2.04. The van der Waals surface area contributed by atoms with Gasteiger partial charge in [0.1, 0.15) is 33.6 Å². The number of rotatable bonds is 6. The van der Waals surface area contributed by atoms with Gasteiger partial charge in [-0.25, -0.2) is 17.2 Å². The second kappa shape index (κ2) is 9.64. The Morgan fingerprint density at radius 1 is 0.815 bits per heavy atom. The lowest BCUT2D eigenvalue weighted by Crippen LogP contribution is -2.15. The molecule has 0 aliphatic rings. The van der Waals surface area contributed by atoms with Crippen LogP contribution in [0.3, 0.4) is 0 Å². The molecule has 0 spiro atoms. The predicted molar refractivity (Wildman–Crippen MR) is 99.7 cm³/mol. The van der Waals surface area contributed by atoms with E-state index in [0.717, 1.165) is 22.9 Å². The van der Waals surface area contributed by atoms with E-state index in [-0.39, 0.29) is 22.3 Å². The Morgan fingerprint density at radius 3 is 1.56 bits per heavy atom. The third kappa shape index (κ3) is 6.04. The van der Waals surface area contributed by atoms with Crippen molar-refractivity contribution in [2.24, 2.45) is 0 Å². The molecule has 0 aliphatic heterocycles. The Morgan fingerprint density at radius 2 is 1.22 bits per heavy atom. The van der Waals surface area contributed by atoms with Crippen LogP contribution in [0.5, 0.6) is 0 Å². The van der Waals surface area contributed by atoms with Crippen molar-refractivity contribution in [3.63, 3.8) is 0 Å². The van der Waals surface area contributed by atoms with Crippen molar-refractivity contribution < 1.29 is 17.2 Å². The van der Waals surface area contributed by atoms with E-state index in [1.165, 1.54) is 36.4 Å². The summed E-state index contributed by atoms with van der Waals surface area (Å²) < 4.78 is 53.3. The standard InChI is InChI=1S/C18H11F2N3O2S2/c19-17-9-13(11-21)1-3-15(17)5-7-26(24)23-27(25)8-6-16-4-2-14(12-22)10-18(16)20/h1-10,23H. The van der Waals surface area contributed by atoms with Crippen LogP contribution in [-0.4, -0.2) is 8.42 Å². The number of benzene rings is 2. The van der Waals surface area contributed by atoms with Gasteiger partial charge in [0, 0.05) is 21.9 Å². The zero-order valence-corrected chi connectivity index (χ0v) is 15.2. The Bertz CT molecular complexity index is 970. The quantitative estimate of drug-likeness (QED) is 0.801. The highest BCUT2D eigenvalue weighted by atomic mass is 32.3. The van der Waals surface area contributed by atoms with Crippen molar-refractivity contribution in [1.82, 2.24) is 4.13 Å². The van der Waals surface area contributed by atoms with E-state index in [9.17, 15) is 17.2 Å². The fourth-order valence-electron chi connectivity index (χ4n) is 1.87. The molecule has 2 atom stereocenters. The van der Waals surface area contributed by atoms with Crippen LogP contribution >= 0.6 is 0 Å². The number of nitrogens with zero attached hydrogens (tertiary/aromatic N) is 2. The molecule has 0 heterocycles. The average molecular weight is 403 g/mol. The summed E-state index contributed by atoms with van der Waals surface area (Å²) in [6, 6.07) is 11.2. The lowest BCUT2D eigenvalue weighted by atomic mass is 10.1. The second-order valence-electron chi connectivity index (χ2n) is 4.98. The van der Waals surface area contributed by atoms with E-state index >= 15 is 0 Å². The summed E-state index contributed by atoms with van der Waals surface area (Å²) >= 11 is 0. The average Bonchev–Trinajstić information content (AvgIpc) is 2.65. The van der Waals surface area contributed by atoms with E-state index in [4.69, 9.17) is 10.5 Å². The van der Waals surface area contributed by atoms with Crippen LogP contribution < -0.4 is 4.13 Å². The topological polar surface area (TPSA) is 93.8 Å². The summed E-state index contributed by atoms with van der Waals surface area (Å²) in [5, 5.41) is 19.5. The van der Waals surface area contributed by atoms with Gasteiger partial charge in [0.25, 0.3) is 0 Å². The SMILES string of the molecule is N#Cc1ccc(C=CS(=O)NS(=O)C=Cc2ccc(C#N)cc2F)c(F)c1. The van der Waals surface area contributed by atoms with Gasteiger partial charge in [-0.3, -0.25) is 0 Å². The van der Waals surface area contributed by atoms with Crippen molar-refractivity contribution in [3.05, 3.63) is 81.1 Å². The summed E-state index contributed by atoms with van der Waals surface area (Å²) in [5.74, 6) is -1.31. The number of nitriles is 2. The molecule has 0 saturated heterocycles. The Kier molecular flexibility index (Phi) is 7.26. The van der Waals surface area contributed by atoms with Crippen molar-refractivity contribution in [2.75, 3.05) is 0 Å². The first-order valence-corrected chi connectivity index (χ1v) is 9.68. The highest BCUT2D eigenvalue weighted by Crippen LogP contribution is 2.13. The van der Waals surface area contributed by atoms with Gasteiger partial charge < -0.3 is 0 Å². The Balaban J connectivity index is 1.98. The van der Waals surface area contributed by atoms with Crippen LogP contribution in [0.1, 0.15) is 22.3 Å². The number of hydrogen-bond donors (Lipinski definition) is 1. The van der Waals surface area contributed by atoms with Gasteiger partial charge >= 0.3 is 0 Å². The molecule has 1 N–H and O–H groups in total. The van der Waals surface area contributed by atoms with Crippen molar-refractivity contribution in [1.29, 1.82) is 10.5 Å². The third-order valence-electron chi connectivity index (χ3n) is 3.17. The minimum Gasteiger partial charge on any atom is -0.237 e. The Hall–Kier alpha value is -2.98. The normalized spacial score (nSPS) is 13.3. The van der Waals surface area contributed by atoms with E-state index in [2.05, 4.69) is 4.13 Å². The van der Waals surface area contributed by atoms with Crippen LogP contribution in [0.2, 0.25) is 0 Å². The number of hydrogen-bond acceptors (Lipinski definition) is 4. The van der Waals surface area contributed by atoms with Crippen molar-refractivity contribution >= 4 is 34.1 Å². The first kappa shape index (κ1) is 20.3. The van der Waals surface area contributed by atoms with Gasteiger partial charge in [-0.1, -0.05) is 12.1 Å². The molecule has 0 fully saturated rings. The smallest absolute Gasteiger partial charge is 0.131 e. The first-order valence-electron chi connectivity index (χ1n) is 7.26. The summed E-state index contributed by atoms with van der Waals surface area (Å²) in [5.41, 5.74) is 0.547. The van der Waals surface area contributed by atoms with Crippen molar-refractivity contribution in [2.45, 2.75) is 0 Å². The van der Waals surface area contributed by atoms with Crippen LogP contribution in [0.25, 0.3) is 12.2 Å². The minimum atomic E-state index is -1.88. The van der Waals surface area contributed by atoms with E-state index in [0.29, 0.717) is 0 Å². The maximum atomic E-state index is 13.7. The molecule has 0 bridgehead atoms. The van der Waals surface area contributed by atoms with Gasteiger partial charge in [-0.05, 0) is 36.4 Å². The second-order valence-corrected chi connectivity index (χ2v) is 7.38. The van der Waals surface area contributed by atoms with Crippen LogP contribution in [0.4, 0.5) is 8.78 Å². The van der Waals surface area contributed by atoms with Crippen LogP contribution in [0.15, 0.2) is 47.2 Å². The maximum Gasteiger partial charge on any atom is 0.131 e. The van der Waals surface area contributed by atoms with Gasteiger partial charge in [-0.2, -0.15) is 10.5 Å². The number of nitrogens with one attached hydrogen (secondary N) is 1. The minimum absolute atomic E-state index is 0.116. The molecule has 5 nitrogen and oxygen atoms in total. The number of halogens is 2. The third-order valence-corrected chi connectivity index (χ3v) is 5.25. The summed E-state index contributed by atoms with van der Waals surface area (Å²) in [6.07, 6.45) is 2.45. The largest absolute Gasteiger partial charge is 0.237 e. The molecule has 136 valence electrons. The predicted octanol–water partition coefficient (Wildman–Crippen LogP) is 3.27. The maximum absolute atomic E-state index is 13.7. The van der Waals surface area contributed by atoms with Gasteiger partial charge in [-0.15, -0.1) is 4.13 Å². The molecular formula is C18H11F2N3O2S2. The monoisotopic (exact) mass is 403 g/mol. The highest BCUT2D eigenvalue weighted by molar-refractivity contribution is 8.01. The zero-order valence-electron chi connectivity index (χ0n) is 13.6. The van der Waals surface area contributed by atoms with Gasteiger partial charge in [0.15, 0.2) is 0 Å². The molecule has 0 saturated carbocycles. The van der Waals surface area contributed by atoms with Gasteiger partial charge in [0.05, 0.1) is 23.3 Å². The molecule has 2 rings (SSSR count). The Labute approximate surface area is 159 Å².